The van der Waals surface area contributed by atoms with Crippen LogP contribution in [-0.2, 0) is 6.42 Å². The molecular formula is C15H21NOS. The number of hydrogen-bond donors (Lipinski definition) is 2. The van der Waals surface area contributed by atoms with Crippen LogP contribution in [0, 0.1) is 5.41 Å². The minimum atomic E-state index is -0.0310. The summed E-state index contributed by atoms with van der Waals surface area (Å²) in [5, 5.41) is 16.2. The maximum absolute atomic E-state index is 9.18. The molecule has 98 valence electrons. The summed E-state index contributed by atoms with van der Waals surface area (Å²) in [6.07, 6.45) is 1.05. The Hall–Kier alpha value is -0.900. The van der Waals surface area contributed by atoms with E-state index >= 15 is 0 Å². The fraction of sp³-hybridized carbons (Fsp3) is 0.467. The third kappa shape index (κ3) is 3.31. The second-order valence-corrected chi connectivity index (χ2v) is 6.42. The van der Waals surface area contributed by atoms with Crippen molar-refractivity contribution in [1.29, 1.82) is 0 Å². The predicted molar refractivity (Wildman–Crippen MR) is 79.3 cm³/mol. The Morgan fingerprint density at radius 1 is 1.28 bits per heavy atom. The number of benzene rings is 1. The first-order valence-electron chi connectivity index (χ1n) is 6.39. The van der Waals surface area contributed by atoms with Crippen molar-refractivity contribution in [3.8, 4) is 0 Å². The van der Waals surface area contributed by atoms with Crippen LogP contribution in [0.4, 0.5) is 0 Å². The van der Waals surface area contributed by atoms with E-state index < -0.39 is 0 Å². The summed E-state index contributed by atoms with van der Waals surface area (Å²) in [6.45, 7) is 6.18. The van der Waals surface area contributed by atoms with E-state index in [0.717, 1.165) is 19.5 Å². The van der Waals surface area contributed by atoms with Crippen LogP contribution in [-0.4, -0.2) is 24.8 Å². The molecule has 18 heavy (non-hydrogen) atoms. The topological polar surface area (TPSA) is 32.3 Å². The van der Waals surface area contributed by atoms with E-state index in [9.17, 15) is 5.11 Å². The Morgan fingerprint density at radius 3 is 2.83 bits per heavy atom. The van der Waals surface area contributed by atoms with Gasteiger partial charge in [-0.1, -0.05) is 32.0 Å². The van der Waals surface area contributed by atoms with Crippen molar-refractivity contribution >= 4 is 21.4 Å². The minimum absolute atomic E-state index is 0.0310. The smallest absolute Gasteiger partial charge is 0.0494 e. The Bertz CT molecular complexity index is 504. The molecule has 0 aliphatic carbocycles. The van der Waals surface area contributed by atoms with Gasteiger partial charge in [0.2, 0.25) is 0 Å². The molecule has 0 radical (unpaired) electrons. The summed E-state index contributed by atoms with van der Waals surface area (Å²) < 4.78 is 1.36. The number of hydrogen-bond acceptors (Lipinski definition) is 3. The van der Waals surface area contributed by atoms with Gasteiger partial charge in [-0.05, 0) is 35.4 Å². The third-order valence-electron chi connectivity index (χ3n) is 3.16. The lowest BCUT2D eigenvalue weighted by Crippen LogP contribution is -2.33. The molecule has 0 unspecified atom stereocenters. The van der Waals surface area contributed by atoms with E-state index in [4.69, 9.17) is 0 Å². The summed E-state index contributed by atoms with van der Waals surface area (Å²) in [4.78, 5) is 0. The third-order valence-corrected chi connectivity index (χ3v) is 4.18. The molecule has 0 saturated carbocycles. The van der Waals surface area contributed by atoms with Crippen molar-refractivity contribution in [2.75, 3.05) is 19.7 Å². The van der Waals surface area contributed by atoms with Crippen LogP contribution in [0.25, 0.3) is 10.1 Å². The lowest BCUT2D eigenvalue weighted by molar-refractivity contribution is 0.157. The van der Waals surface area contributed by atoms with Gasteiger partial charge in [-0.25, -0.2) is 0 Å². The molecule has 3 heteroatoms. The average Bonchev–Trinajstić information content (AvgIpc) is 2.78. The predicted octanol–water partition coefficient (Wildman–Crippen LogP) is 3.05. The Kier molecular flexibility index (Phi) is 4.38. The zero-order valence-electron chi connectivity index (χ0n) is 11.1. The van der Waals surface area contributed by atoms with E-state index in [1.54, 1.807) is 0 Å². The normalized spacial score (nSPS) is 12.2. The summed E-state index contributed by atoms with van der Waals surface area (Å²) in [5.74, 6) is 0. The SMILES string of the molecule is CC(C)(CO)CNCCc1csc2ccccc12. The highest BCUT2D eigenvalue weighted by Gasteiger charge is 2.15. The largest absolute Gasteiger partial charge is 0.396 e. The van der Waals surface area contributed by atoms with Crippen LogP contribution in [0.2, 0.25) is 0 Å². The molecule has 2 nitrogen and oxygen atoms in total. The Morgan fingerprint density at radius 2 is 2.06 bits per heavy atom. The van der Waals surface area contributed by atoms with Crippen molar-refractivity contribution in [2.45, 2.75) is 20.3 Å². The summed E-state index contributed by atoms with van der Waals surface area (Å²) >= 11 is 1.81. The van der Waals surface area contributed by atoms with E-state index in [1.165, 1.54) is 15.6 Å². The van der Waals surface area contributed by atoms with Crippen LogP contribution in [0.5, 0.6) is 0 Å². The van der Waals surface area contributed by atoms with Gasteiger partial charge in [0.15, 0.2) is 0 Å². The fourth-order valence-corrected chi connectivity index (χ4v) is 2.93. The van der Waals surface area contributed by atoms with Crippen molar-refractivity contribution < 1.29 is 5.11 Å². The molecule has 2 N–H and O–H groups in total. The first-order valence-corrected chi connectivity index (χ1v) is 7.27. The number of aliphatic hydroxyl groups is 1. The molecule has 2 aromatic rings. The van der Waals surface area contributed by atoms with Crippen LogP contribution in [0.3, 0.4) is 0 Å². The van der Waals surface area contributed by atoms with Gasteiger partial charge in [-0.3, -0.25) is 0 Å². The van der Waals surface area contributed by atoms with Crippen LogP contribution in [0.15, 0.2) is 29.6 Å². The maximum atomic E-state index is 9.18. The molecule has 2 rings (SSSR count). The summed E-state index contributed by atoms with van der Waals surface area (Å²) in [5.41, 5.74) is 1.39. The number of aliphatic hydroxyl groups excluding tert-OH is 1. The monoisotopic (exact) mass is 263 g/mol. The number of fused-ring (bicyclic) bond motifs is 1. The van der Waals surface area contributed by atoms with Crippen molar-refractivity contribution in [3.63, 3.8) is 0 Å². The summed E-state index contributed by atoms with van der Waals surface area (Å²) in [7, 11) is 0. The van der Waals surface area contributed by atoms with Gasteiger partial charge in [0.05, 0.1) is 0 Å². The van der Waals surface area contributed by atoms with Gasteiger partial charge in [0, 0.05) is 23.3 Å². The van der Waals surface area contributed by atoms with E-state index in [0.29, 0.717) is 0 Å². The standard InChI is InChI=1S/C15H21NOS/c1-15(2,11-17)10-16-8-7-12-9-18-14-6-4-3-5-13(12)14/h3-6,9,16-17H,7-8,10-11H2,1-2H3. The van der Waals surface area contributed by atoms with E-state index in [1.807, 2.05) is 11.3 Å². The fourth-order valence-electron chi connectivity index (χ4n) is 1.93. The van der Waals surface area contributed by atoms with Gasteiger partial charge in [0.1, 0.15) is 0 Å². The van der Waals surface area contributed by atoms with Crippen molar-refractivity contribution in [2.24, 2.45) is 5.41 Å². The van der Waals surface area contributed by atoms with Gasteiger partial charge in [0.25, 0.3) is 0 Å². The van der Waals surface area contributed by atoms with Crippen molar-refractivity contribution in [3.05, 3.63) is 35.2 Å². The molecule has 0 fully saturated rings. The number of nitrogens with one attached hydrogen (secondary N) is 1. The Labute approximate surface area is 113 Å². The van der Waals surface area contributed by atoms with Gasteiger partial charge >= 0.3 is 0 Å². The lowest BCUT2D eigenvalue weighted by Gasteiger charge is -2.21. The molecule has 1 aromatic carbocycles. The molecule has 1 heterocycles. The van der Waals surface area contributed by atoms with E-state index in [-0.39, 0.29) is 12.0 Å². The molecule has 0 amide bonds. The Balaban J connectivity index is 1.87. The highest BCUT2D eigenvalue weighted by atomic mass is 32.1. The zero-order valence-corrected chi connectivity index (χ0v) is 11.9. The molecule has 0 aliphatic rings. The average molecular weight is 263 g/mol. The number of rotatable bonds is 6. The van der Waals surface area contributed by atoms with Gasteiger partial charge < -0.3 is 10.4 Å². The van der Waals surface area contributed by atoms with Gasteiger partial charge in [-0.2, -0.15) is 0 Å². The van der Waals surface area contributed by atoms with E-state index in [2.05, 4.69) is 48.8 Å². The molecule has 0 aliphatic heterocycles. The molecule has 0 spiro atoms. The minimum Gasteiger partial charge on any atom is -0.396 e. The van der Waals surface area contributed by atoms with Crippen molar-refractivity contribution in [1.82, 2.24) is 5.32 Å². The van der Waals surface area contributed by atoms with Crippen LogP contribution in [0.1, 0.15) is 19.4 Å². The molecule has 0 bridgehead atoms. The second-order valence-electron chi connectivity index (χ2n) is 5.51. The quantitative estimate of drug-likeness (QED) is 0.785. The zero-order chi connectivity index (χ0) is 13.0. The molecule has 0 atom stereocenters. The molecule has 0 saturated heterocycles. The first kappa shape index (κ1) is 13.5. The molecular weight excluding hydrogens is 242 g/mol. The molecule has 1 aromatic heterocycles. The maximum Gasteiger partial charge on any atom is 0.0494 e. The first-order chi connectivity index (χ1) is 8.62. The number of thiophene rings is 1. The van der Waals surface area contributed by atoms with Crippen LogP contribution < -0.4 is 5.32 Å². The highest BCUT2D eigenvalue weighted by Crippen LogP contribution is 2.25. The van der Waals surface area contributed by atoms with Gasteiger partial charge in [-0.15, -0.1) is 11.3 Å². The lowest BCUT2D eigenvalue weighted by atomic mass is 9.95. The second kappa shape index (κ2) is 5.83. The van der Waals surface area contributed by atoms with Crippen LogP contribution >= 0.6 is 11.3 Å². The highest BCUT2D eigenvalue weighted by molar-refractivity contribution is 7.17. The summed E-state index contributed by atoms with van der Waals surface area (Å²) in [6, 6.07) is 8.55.